The number of esters is 1. The van der Waals surface area contributed by atoms with Crippen molar-refractivity contribution >= 4 is 29.4 Å². The van der Waals surface area contributed by atoms with Crippen LogP contribution < -0.4 is 10.1 Å². The Labute approximate surface area is 168 Å². The Balaban J connectivity index is 1.29. The van der Waals surface area contributed by atoms with Crippen molar-refractivity contribution in [2.75, 3.05) is 25.1 Å². The quantitative estimate of drug-likeness (QED) is 0.551. The molecular weight excluding hydrogens is 376 g/mol. The standard InChI is InChI=1S/C21H24N2O6/c1-2-28-15-6-4-3-5-14(15)22-16(24)11-29-17(25)10-23-20(26)18-12-7-8-13(9-12)19(18)21(23)27/h3-6,12-13,18-19H,2,7-11H2,1H3,(H,22,24)/t12-,13-,18+,19+/m0/s1. The van der Waals surface area contributed by atoms with Crippen LogP contribution in [0.1, 0.15) is 26.2 Å². The largest absolute Gasteiger partial charge is 0.492 e. The SMILES string of the molecule is CCOc1ccccc1NC(=O)COC(=O)CN1C(=O)[C@@H]2[C@H]3CC[C@@H](C3)[C@H]2C1=O. The lowest BCUT2D eigenvalue weighted by Gasteiger charge is -2.19. The van der Waals surface area contributed by atoms with Crippen molar-refractivity contribution < 1.29 is 28.7 Å². The van der Waals surface area contributed by atoms with Gasteiger partial charge in [0, 0.05) is 0 Å². The lowest BCUT2D eigenvalue weighted by molar-refractivity contribution is -0.154. The summed E-state index contributed by atoms with van der Waals surface area (Å²) < 4.78 is 10.4. The Morgan fingerprint density at radius 2 is 1.76 bits per heavy atom. The molecule has 1 saturated heterocycles. The molecule has 2 bridgehead atoms. The third kappa shape index (κ3) is 3.59. The van der Waals surface area contributed by atoms with Gasteiger partial charge in [0.05, 0.1) is 24.1 Å². The van der Waals surface area contributed by atoms with Gasteiger partial charge in [-0.2, -0.15) is 0 Å². The minimum atomic E-state index is -0.771. The Morgan fingerprint density at radius 3 is 2.41 bits per heavy atom. The summed E-state index contributed by atoms with van der Waals surface area (Å²) in [6, 6.07) is 6.93. The molecule has 4 atom stereocenters. The second-order valence-corrected chi connectivity index (χ2v) is 7.79. The van der Waals surface area contributed by atoms with E-state index in [1.165, 1.54) is 0 Å². The predicted octanol–water partition coefficient (Wildman–Crippen LogP) is 1.60. The van der Waals surface area contributed by atoms with E-state index in [2.05, 4.69) is 5.32 Å². The third-order valence-electron chi connectivity index (χ3n) is 6.13. The van der Waals surface area contributed by atoms with Crippen LogP contribution in [0.5, 0.6) is 5.75 Å². The number of carbonyl (C=O) groups is 4. The summed E-state index contributed by atoms with van der Waals surface area (Å²) in [7, 11) is 0. The molecule has 29 heavy (non-hydrogen) atoms. The van der Waals surface area contributed by atoms with Crippen LogP contribution in [0.2, 0.25) is 0 Å². The molecule has 1 aliphatic heterocycles. The molecule has 0 aromatic heterocycles. The Morgan fingerprint density at radius 1 is 1.10 bits per heavy atom. The highest BCUT2D eigenvalue weighted by molar-refractivity contribution is 6.08. The number of hydrogen-bond donors (Lipinski definition) is 1. The van der Waals surface area contributed by atoms with Gasteiger partial charge in [-0.15, -0.1) is 0 Å². The molecule has 0 spiro atoms. The van der Waals surface area contributed by atoms with E-state index in [1.54, 1.807) is 24.3 Å². The van der Waals surface area contributed by atoms with Crippen LogP contribution in [-0.4, -0.2) is 48.3 Å². The molecule has 3 aliphatic rings. The lowest BCUT2D eigenvalue weighted by Crippen LogP contribution is -2.38. The minimum Gasteiger partial charge on any atom is -0.492 e. The van der Waals surface area contributed by atoms with Crippen molar-refractivity contribution in [1.29, 1.82) is 0 Å². The van der Waals surface area contributed by atoms with Gasteiger partial charge in [-0.25, -0.2) is 0 Å². The molecule has 154 valence electrons. The second-order valence-electron chi connectivity index (χ2n) is 7.79. The molecule has 3 fully saturated rings. The molecule has 0 radical (unpaired) electrons. The van der Waals surface area contributed by atoms with Crippen LogP contribution in [0.15, 0.2) is 24.3 Å². The molecule has 1 aromatic carbocycles. The molecule has 8 nitrogen and oxygen atoms in total. The van der Waals surface area contributed by atoms with Crippen molar-refractivity contribution in [2.45, 2.75) is 26.2 Å². The van der Waals surface area contributed by atoms with E-state index in [9.17, 15) is 19.2 Å². The van der Waals surface area contributed by atoms with Gasteiger partial charge >= 0.3 is 5.97 Å². The van der Waals surface area contributed by atoms with E-state index in [0.717, 1.165) is 24.2 Å². The molecule has 1 heterocycles. The van der Waals surface area contributed by atoms with Crippen LogP contribution in [0.3, 0.4) is 0 Å². The molecule has 2 aliphatic carbocycles. The van der Waals surface area contributed by atoms with Crippen LogP contribution in [-0.2, 0) is 23.9 Å². The number of carbonyl (C=O) groups excluding carboxylic acids is 4. The first-order valence-electron chi connectivity index (χ1n) is 10.0. The van der Waals surface area contributed by atoms with Crippen molar-refractivity contribution in [3.63, 3.8) is 0 Å². The van der Waals surface area contributed by atoms with E-state index < -0.39 is 25.0 Å². The first kappa shape index (κ1) is 19.4. The monoisotopic (exact) mass is 400 g/mol. The maximum atomic E-state index is 12.6. The van der Waals surface area contributed by atoms with Crippen LogP contribution in [0.25, 0.3) is 0 Å². The topological polar surface area (TPSA) is 102 Å². The number of imide groups is 1. The Kier molecular flexibility index (Phi) is 5.25. The Bertz CT molecular complexity index is 825. The summed E-state index contributed by atoms with van der Waals surface area (Å²) in [5.41, 5.74) is 0.476. The summed E-state index contributed by atoms with van der Waals surface area (Å²) >= 11 is 0. The van der Waals surface area contributed by atoms with Crippen molar-refractivity contribution in [2.24, 2.45) is 23.7 Å². The van der Waals surface area contributed by atoms with Crippen molar-refractivity contribution in [3.05, 3.63) is 24.3 Å². The number of benzene rings is 1. The third-order valence-corrected chi connectivity index (χ3v) is 6.13. The number of fused-ring (bicyclic) bond motifs is 5. The maximum absolute atomic E-state index is 12.6. The van der Waals surface area contributed by atoms with Crippen molar-refractivity contribution in [1.82, 2.24) is 4.90 Å². The van der Waals surface area contributed by atoms with Gasteiger partial charge in [0.25, 0.3) is 5.91 Å². The van der Waals surface area contributed by atoms with E-state index in [-0.39, 0.29) is 35.5 Å². The number of anilines is 1. The zero-order valence-electron chi connectivity index (χ0n) is 16.3. The normalized spacial score (nSPS) is 27.1. The van der Waals surface area contributed by atoms with Gasteiger partial charge in [-0.3, -0.25) is 24.1 Å². The first-order chi connectivity index (χ1) is 14.0. The molecule has 2 saturated carbocycles. The Hall–Kier alpha value is -2.90. The molecule has 1 N–H and O–H groups in total. The van der Waals surface area contributed by atoms with E-state index >= 15 is 0 Å². The molecule has 3 amide bonds. The zero-order chi connectivity index (χ0) is 20.5. The molecule has 8 heteroatoms. The summed E-state index contributed by atoms with van der Waals surface area (Å²) in [6.07, 6.45) is 2.90. The zero-order valence-corrected chi connectivity index (χ0v) is 16.3. The number of rotatable bonds is 7. The summed E-state index contributed by atoms with van der Waals surface area (Å²) in [6.45, 7) is 1.34. The maximum Gasteiger partial charge on any atom is 0.326 e. The van der Waals surface area contributed by atoms with E-state index in [0.29, 0.717) is 18.0 Å². The molecule has 1 aromatic rings. The number of ether oxygens (including phenoxy) is 2. The fourth-order valence-corrected chi connectivity index (χ4v) is 4.98. The van der Waals surface area contributed by atoms with Gasteiger partial charge in [0.1, 0.15) is 12.3 Å². The van der Waals surface area contributed by atoms with Gasteiger partial charge < -0.3 is 14.8 Å². The summed E-state index contributed by atoms with van der Waals surface area (Å²) in [4.78, 5) is 50.5. The number of amides is 3. The fourth-order valence-electron chi connectivity index (χ4n) is 4.98. The highest BCUT2D eigenvalue weighted by Crippen LogP contribution is 2.56. The number of nitrogens with zero attached hydrogens (tertiary/aromatic N) is 1. The number of likely N-dealkylation sites (tertiary alicyclic amines) is 1. The van der Waals surface area contributed by atoms with Crippen LogP contribution in [0, 0.1) is 23.7 Å². The highest BCUT2D eigenvalue weighted by Gasteiger charge is 2.61. The second kappa shape index (κ2) is 7.85. The molecular formula is C21H24N2O6. The lowest BCUT2D eigenvalue weighted by atomic mass is 9.81. The highest BCUT2D eigenvalue weighted by atomic mass is 16.5. The van der Waals surface area contributed by atoms with Gasteiger partial charge in [0.15, 0.2) is 6.61 Å². The number of nitrogens with one attached hydrogen (secondary N) is 1. The predicted molar refractivity (Wildman–Crippen MR) is 102 cm³/mol. The number of para-hydroxylation sites is 2. The average molecular weight is 400 g/mol. The number of hydrogen-bond acceptors (Lipinski definition) is 6. The van der Waals surface area contributed by atoms with Gasteiger partial charge in [-0.1, -0.05) is 12.1 Å². The van der Waals surface area contributed by atoms with Crippen molar-refractivity contribution in [3.8, 4) is 5.75 Å². The van der Waals surface area contributed by atoms with Gasteiger partial charge in [0.2, 0.25) is 11.8 Å². The van der Waals surface area contributed by atoms with E-state index in [4.69, 9.17) is 9.47 Å². The van der Waals surface area contributed by atoms with Crippen LogP contribution in [0.4, 0.5) is 5.69 Å². The smallest absolute Gasteiger partial charge is 0.326 e. The molecule has 0 unspecified atom stereocenters. The fraction of sp³-hybridized carbons (Fsp3) is 0.524. The first-order valence-corrected chi connectivity index (χ1v) is 10.0. The van der Waals surface area contributed by atoms with E-state index in [1.807, 2.05) is 6.92 Å². The minimum absolute atomic E-state index is 0.263. The van der Waals surface area contributed by atoms with Crippen LogP contribution >= 0.6 is 0 Å². The van der Waals surface area contributed by atoms with Gasteiger partial charge in [-0.05, 0) is 50.2 Å². The summed E-state index contributed by atoms with van der Waals surface area (Å²) in [5, 5.41) is 2.63. The summed E-state index contributed by atoms with van der Waals surface area (Å²) in [5.74, 6) is -1.33. The molecule has 4 rings (SSSR count). The average Bonchev–Trinajstić information content (AvgIpc) is 3.38.